The lowest BCUT2D eigenvalue weighted by Gasteiger charge is -2.20. The summed E-state index contributed by atoms with van der Waals surface area (Å²) in [6.07, 6.45) is 4.62. The minimum atomic E-state index is -0.186. The molecular formula is C40H49N5O3. The first-order valence-electron chi connectivity index (χ1n) is 17.1. The van der Waals surface area contributed by atoms with Crippen LogP contribution in [0.5, 0.6) is 11.6 Å². The number of carbonyl (C=O) groups is 1. The quantitative estimate of drug-likeness (QED) is 0.103. The summed E-state index contributed by atoms with van der Waals surface area (Å²) in [5, 5.41) is 3.12. The van der Waals surface area contributed by atoms with E-state index in [9.17, 15) is 4.79 Å². The summed E-state index contributed by atoms with van der Waals surface area (Å²) in [4.78, 5) is 25.0. The maximum atomic E-state index is 13.1. The first-order valence-corrected chi connectivity index (χ1v) is 17.1. The molecule has 5 rings (SSSR count). The van der Waals surface area contributed by atoms with Crippen molar-refractivity contribution < 1.29 is 14.3 Å². The normalized spacial score (nSPS) is 12.0. The van der Waals surface area contributed by atoms with Gasteiger partial charge in [-0.05, 0) is 88.2 Å². The van der Waals surface area contributed by atoms with Gasteiger partial charge in [-0.1, -0.05) is 74.0 Å². The fourth-order valence-electron chi connectivity index (χ4n) is 5.80. The molecule has 2 heterocycles. The molecule has 1 N–H and O–H groups in total. The number of nitrogens with zero attached hydrogens (tertiary/aromatic N) is 4. The van der Waals surface area contributed by atoms with Gasteiger partial charge in [0.25, 0.3) is 5.91 Å². The summed E-state index contributed by atoms with van der Waals surface area (Å²) in [6, 6.07) is 27.8. The molecule has 48 heavy (non-hydrogen) atoms. The van der Waals surface area contributed by atoms with Crippen molar-refractivity contribution in [2.75, 3.05) is 33.8 Å². The van der Waals surface area contributed by atoms with Crippen LogP contribution in [-0.2, 0) is 17.7 Å². The fraction of sp³-hybridized carbons (Fsp3) is 0.375. The Labute approximate surface area is 285 Å². The largest absolute Gasteiger partial charge is 0.437 e. The number of nitrogens with one attached hydrogen (secondary N) is 1. The Balaban J connectivity index is 1.22. The summed E-state index contributed by atoms with van der Waals surface area (Å²) < 4.78 is 14.9. The molecule has 0 saturated heterocycles. The molecule has 0 fully saturated rings. The highest BCUT2D eigenvalue weighted by Crippen LogP contribution is 2.33. The van der Waals surface area contributed by atoms with Gasteiger partial charge in [-0.25, -0.2) is 9.97 Å². The lowest BCUT2D eigenvalue weighted by Crippen LogP contribution is -2.24. The summed E-state index contributed by atoms with van der Waals surface area (Å²) in [6.45, 7) is 9.19. The Bertz CT molecular complexity index is 1750. The second-order valence-corrected chi connectivity index (χ2v) is 12.6. The predicted molar refractivity (Wildman–Crippen MR) is 193 cm³/mol. The standard InChI is InChI=1S/C40H49N5O3/c1-6-7-20-35-43-36-37(29(2)30(3)42-40(36)48-34-18-12-9-13-19-34)45(35)26-15-14-25-41-39(46)33-23-21-32(22-24-33)38(47-28-27-44(4)5)31-16-10-8-11-17-31/h8-13,16-19,21-24,38H,6-7,14-15,20,25-28H2,1-5H3,(H,41,46). The SMILES string of the molecule is CCCCc1nc2c(Oc3ccccc3)nc(C)c(C)c2n1CCCCNC(=O)c1ccc(C(OCCN(C)C)c2ccccc2)cc1. The molecule has 0 radical (unpaired) electrons. The van der Waals surface area contributed by atoms with Crippen molar-refractivity contribution in [1.82, 2.24) is 24.8 Å². The molecule has 1 atom stereocenters. The zero-order valence-corrected chi connectivity index (χ0v) is 29.0. The van der Waals surface area contributed by atoms with Crippen molar-refractivity contribution in [3.8, 4) is 11.6 Å². The maximum Gasteiger partial charge on any atom is 0.251 e. The first-order chi connectivity index (χ1) is 23.4. The van der Waals surface area contributed by atoms with Crippen LogP contribution < -0.4 is 10.1 Å². The van der Waals surface area contributed by atoms with E-state index >= 15 is 0 Å². The third-order valence-corrected chi connectivity index (χ3v) is 8.62. The number of ether oxygens (including phenoxy) is 2. The highest BCUT2D eigenvalue weighted by molar-refractivity contribution is 5.94. The van der Waals surface area contributed by atoms with E-state index < -0.39 is 0 Å². The van der Waals surface area contributed by atoms with Crippen molar-refractivity contribution in [3.63, 3.8) is 0 Å². The number of benzene rings is 3. The van der Waals surface area contributed by atoms with E-state index in [0.29, 0.717) is 24.6 Å². The molecule has 8 nitrogen and oxygen atoms in total. The number of likely N-dealkylation sites (N-methyl/N-ethyl adjacent to an activating group) is 1. The summed E-state index contributed by atoms with van der Waals surface area (Å²) in [5.41, 5.74) is 6.72. The van der Waals surface area contributed by atoms with E-state index in [0.717, 1.165) is 90.2 Å². The number of imidazole rings is 1. The van der Waals surface area contributed by atoms with Crippen molar-refractivity contribution in [2.45, 2.75) is 65.5 Å². The second-order valence-electron chi connectivity index (χ2n) is 12.6. The zero-order chi connectivity index (χ0) is 33.9. The number of hydrogen-bond donors (Lipinski definition) is 1. The van der Waals surface area contributed by atoms with E-state index in [4.69, 9.17) is 19.4 Å². The van der Waals surface area contributed by atoms with Gasteiger partial charge in [0.05, 0.1) is 12.1 Å². The molecule has 0 aliphatic carbocycles. The molecular weight excluding hydrogens is 598 g/mol. The van der Waals surface area contributed by atoms with Gasteiger partial charge in [-0.2, -0.15) is 0 Å². The number of unbranched alkanes of at least 4 members (excludes halogenated alkanes) is 2. The van der Waals surface area contributed by atoms with E-state index in [1.165, 1.54) is 0 Å². The topological polar surface area (TPSA) is 81.5 Å². The zero-order valence-electron chi connectivity index (χ0n) is 29.0. The molecule has 0 aliphatic rings. The maximum absolute atomic E-state index is 13.1. The van der Waals surface area contributed by atoms with Crippen LogP contribution in [-0.4, -0.2) is 59.1 Å². The van der Waals surface area contributed by atoms with E-state index in [-0.39, 0.29) is 12.0 Å². The van der Waals surface area contributed by atoms with Crippen LogP contribution >= 0.6 is 0 Å². The van der Waals surface area contributed by atoms with Crippen molar-refractivity contribution >= 4 is 16.9 Å². The summed E-state index contributed by atoms with van der Waals surface area (Å²) in [5.74, 6) is 2.28. The smallest absolute Gasteiger partial charge is 0.251 e. The third-order valence-electron chi connectivity index (χ3n) is 8.62. The molecule has 1 amide bonds. The minimum absolute atomic E-state index is 0.0664. The van der Waals surface area contributed by atoms with E-state index in [1.807, 2.05) is 93.8 Å². The van der Waals surface area contributed by atoms with E-state index in [2.05, 4.69) is 40.8 Å². The van der Waals surface area contributed by atoms with Crippen LogP contribution in [0, 0.1) is 13.8 Å². The highest BCUT2D eigenvalue weighted by atomic mass is 16.5. The highest BCUT2D eigenvalue weighted by Gasteiger charge is 2.20. The Kier molecular flexibility index (Phi) is 12.4. The molecule has 5 aromatic rings. The molecule has 0 aliphatic heterocycles. The molecule has 3 aromatic carbocycles. The van der Waals surface area contributed by atoms with Gasteiger partial charge in [0, 0.05) is 37.3 Å². The number of aromatic nitrogens is 3. The number of hydrogen-bond acceptors (Lipinski definition) is 6. The number of carbonyl (C=O) groups excluding carboxylic acids is 1. The van der Waals surface area contributed by atoms with Gasteiger partial charge >= 0.3 is 0 Å². The second kappa shape index (κ2) is 17.0. The van der Waals surface area contributed by atoms with Gasteiger partial charge in [0.2, 0.25) is 5.88 Å². The summed E-state index contributed by atoms with van der Waals surface area (Å²) >= 11 is 0. The number of pyridine rings is 1. The summed E-state index contributed by atoms with van der Waals surface area (Å²) in [7, 11) is 4.08. The molecule has 0 saturated carbocycles. The molecule has 2 aromatic heterocycles. The fourth-order valence-corrected chi connectivity index (χ4v) is 5.80. The van der Waals surface area contributed by atoms with Crippen molar-refractivity contribution in [2.24, 2.45) is 0 Å². The average molecular weight is 648 g/mol. The van der Waals surface area contributed by atoms with Crippen LogP contribution in [0.1, 0.15) is 77.3 Å². The molecule has 252 valence electrons. The van der Waals surface area contributed by atoms with E-state index in [1.54, 1.807) is 0 Å². The molecule has 1 unspecified atom stereocenters. The Morgan fingerprint density at radius 1 is 0.875 bits per heavy atom. The lowest BCUT2D eigenvalue weighted by molar-refractivity contribution is 0.0687. The van der Waals surface area contributed by atoms with Crippen LogP contribution in [0.2, 0.25) is 0 Å². The number of para-hydroxylation sites is 1. The third kappa shape index (κ3) is 8.88. The van der Waals surface area contributed by atoms with Crippen LogP contribution in [0.4, 0.5) is 0 Å². The Morgan fingerprint density at radius 3 is 2.25 bits per heavy atom. The van der Waals surface area contributed by atoms with Gasteiger partial charge in [-0.3, -0.25) is 4.79 Å². The lowest BCUT2D eigenvalue weighted by atomic mass is 10.00. The minimum Gasteiger partial charge on any atom is -0.437 e. The monoisotopic (exact) mass is 647 g/mol. The average Bonchev–Trinajstić information content (AvgIpc) is 3.47. The number of amides is 1. The van der Waals surface area contributed by atoms with Crippen molar-refractivity contribution in [3.05, 3.63) is 119 Å². The predicted octanol–water partition coefficient (Wildman–Crippen LogP) is 8.06. The first kappa shape index (κ1) is 34.8. The van der Waals surface area contributed by atoms with Gasteiger partial charge in [0.15, 0.2) is 5.52 Å². The molecule has 0 spiro atoms. The molecule has 0 bridgehead atoms. The van der Waals surface area contributed by atoms with Gasteiger partial charge in [0.1, 0.15) is 17.7 Å². The van der Waals surface area contributed by atoms with Crippen LogP contribution in [0.15, 0.2) is 84.9 Å². The molecule has 8 heteroatoms. The van der Waals surface area contributed by atoms with Gasteiger partial charge in [-0.15, -0.1) is 0 Å². The van der Waals surface area contributed by atoms with Gasteiger partial charge < -0.3 is 24.3 Å². The Morgan fingerprint density at radius 2 is 1.56 bits per heavy atom. The Hall–Kier alpha value is -4.53. The number of rotatable bonds is 17. The van der Waals surface area contributed by atoms with Crippen molar-refractivity contribution in [1.29, 1.82) is 0 Å². The van der Waals surface area contributed by atoms with Crippen LogP contribution in [0.25, 0.3) is 11.0 Å². The number of fused-ring (bicyclic) bond motifs is 1. The van der Waals surface area contributed by atoms with Crippen LogP contribution in [0.3, 0.4) is 0 Å². The number of aryl methyl sites for hydroxylation is 4.